The SMILES string of the molecule is Cn1ccc2cc(CS(=O)(=O)NC(=O)Nc3c4c(cc5c3CCC5)CCC4)ccc21. The fourth-order valence-corrected chi connectivity index (χ4v) is 5.95. The van der Waals surface area contributed by atoms with E-state index in [0.717, 1.165) is 55.1 Å². The maximum absolute atomic E-state index is 12.6. The Morgan fingerprint density at radius 2 is 1.70 bits per heavy atom. The van der Waals surface area contributed by atoms with Crippen LogP contribution in [0.25, 0.3) is 10.9 Å². The molecule has 2 N–H and O–H groups in total. The van der Waals surface area contributed by atoms with Crippen LogP contribution >= 0.6 is 0 Å². The molecule has 2 aliphatic rings. The van der Waals surface area contributed by atoms with Crippen molar-refractivity contribution in [1.29, 1.82) is 0 Å². The van der Waals surface area contributed by atoms with E-state index in [-0.39, 0.29) is 5.75 Å². The largest absolute Gasteiger partial charge is 0.351 e. The van der Waals surface area contributed by atoms with Gasteiger partial charge in [0.05, 0.1) is 5.75 Å². The topological polar surface area (TPSA) is 80.2 Å². The number of fused-ring (bicyclic) bond motifs is 3. The van der Waals surface area contributed by atoms with Gasteiger partial charge < -0.3 is 9.88 Å². The van der Waals surface area contributed by atoms with Crippen LogP contribution in [0.15, 0.2) is 36.5 Å². The Labute approximate surface area is 176 Å². The Kier molecular flexibility index (Phi) is 4.58. The van der Waals surface area contributed by atoms with Crippen molar-refractivity contribution in [3.8, 4) is 0 Å². The van der Waals surface area contributed by atoms with Crippen molar-refractivity contribution in [2.45, 2.75) is 44.3 Å². The van der Waals surface area contributed by atoms with E-state index >= 15 is 0 Å². The third kappa shape index (κ3) is 3.47. The number of nitrogens with zero attached hydrogens (tertiary/aromatic N) is 1. The van der Waals surface area contributed by atoms with Crippen LogP contribution in [0.2, 0.25) is 0 Å². The summed E-state index contributed by atoms with van der Waals surface area (Å²) in [6.07, 6.45) is 8.01. The van der Waals surface area contributed by atoms with Crippen molar-refractivity contribution in [2.75, 3.05) is 5.32 Å². The minimum Gasteiger partial charge on any atom is -0.351 e. The van der Waals surface area contributed by atoms with Gasteiger partial charge in [-0.15, -0.1) is 0 Å². The van der Waals surface area contributed by atoms with Crippen LogP contribution in [0.4, 0.5) is 10.5 Å². The number of anilines is 1. The predicted molar refractivity (Wildman–Crippen MR) is 118 cm³/mol. The van der Waals surface area contributed by atoms with Crippen LogP contribution in [0.5, 0.6) is 0 Å². The van der Waals surface area contributed by atoms with Gasteiger partial charge in [-0.25, -0.2) is 17.9 Å². The van der Waals surface area contributed by atoms with Crippen LogP contribution in [-0.2, 0) is 48.5 Å². The number of nitrogens with one attached hydrogen (secondary N) is 2. The van der Waals surface area contributed by atoms with E-state index in [1.165, 1.54) is 22.3 Å². The van der Waals surface area contributed by atoms with Gasteiger partial charge in [0.15, 0.2) is 0 Å². The van der Waals surface area contributed by atoms with Crippen molar-refractivity contribution in [1.82, 2.24) is 9.29 Å². The Balaban J connectivity index is 1.34. The van der Waals surface area contributed by atoms with Gasteiger partial charge in [0.1, 0.15) is 0 Å². The summed E-state index contributed by atoms with van der Waals surface area (Å²) in [5, 5.41) is 3.86. The van der Waals surface area contributed by atoms with Gasteiger partial charge in [-0.05, 0) is 89.9 Å². The second-order valence-corrected chi connectivity index (χ2v) is 10.1. The summed E-state index contributed by atoms with van der Waals surface area (Å²) in [6, 6.07) is 9.09. The number of amides is 2. The summed E-state index contributed by atoms with van der Waals surface area (Å²) >= 11 is 0. The molecule has 0 saturated heterocycles. The first-order chi connectivity index (χ1) is 14.4. The van der Waals surface area contributed by atoms with E-state index in [4.69, 9.17) is 0 Å². The molecule has 0 fully saturated rings. The minimum absolute atomic E-state index is 0.240. The van der Waals surface area contributed by atoms with Crippen LogP contribution in [0.3, 0.4) is 0 Å². The van der Waals surface area contributed by atoms with Crippen molar-refractivity contribution in [3.63, 3.8) is 0 Å². The first kappa shape index (κ1) is 19.2. The molecule has 2 aliphatic carbocycles. The number of sulfonamides is 1. The van der Waals surface area contributed by atoms with E-state index in [9.17, 15) is 13.2 Å². The number of carbonyl (C=O) groups excluding carboxylic acids is 1. The third-order valence-electron chi connectivity index (χ3n) is 6.27. The Morgan fingerprint density at radius 3 is 2.40 bits per heavy atom. The lowest BCUT2D eigenvalue weighted by molar-refractivity contribution is 0.256. The molecular weight excluding hydrogens is 398 g/mol. The molecular formula is C23H25N3O3S. The summed E-state index contributed by atoms with van der Waals surface area (Å²) in [6.45, 7) is 0. The van der Waals surface area contributed by atoms with Gasteiger partial charge in [-0.1, -0.05) is 12.1 Å². The maximum Gasteiger partial charge on any atom is 0.332 e. The number of hydrogen-bond donors (Lipinski definition) is 2. The highest BCUT2D eigenvalue weighted by Crippen LogP contribution is 2.38. The molecule has 0 bridgehead atoms. The van der Waals surface area contributed by atoms with E-state index in [1.54, 1.807) is 6.07 Å². The summed E-state index contributed by atoms with van der Waals surface area (Å²) in [5.41, 5.74) is 7.48. The normalized spacial score (nSPS) is 15.2. The van der Waals surface area contributed by atoms with E-state index in [0.29, 0.717) is 5.56 Å². The Hall–Kier alpha value is -2.80. The molecule has 1 heterocycles. The third-order valence-corrected chi connectivity index (χ3v) is 7.48. The van der Waals surface area contributed by atoms with Gasteiger partial charge in [-0.2, -0.15) is 0 Å². The monoisotopic (exact) mass is 423 g/mol. The van der Waals surface area contributed by atoms with Crippen molar-refractivity contribution >= 4 is 32.6 Å². The highest BCUT2D eigenvalue weighted by Gasteiger charge is 2.26. The minimum atomic E-state index is -3.81. The lowest BCUT2D eigenvalue weighted by atomic mass is 9.99. The molecule has 1 aromatic heterocycles. The number of aromatic nitrogens is 1. The Bertz CT molecular complexity index is 1240. The lowest BCUT2D eigenvalue weighted by Gasteiger charge is -2.16. The lowest BCUT2D eigenvalue weighted by Crippen LogP contribution is -2.35. The van der Waals surface area contributed by atoms with E-state index < -0.39 is 16.1 Å². The molecule has 2 aromatic carbocycles. The summed E-state index contributed by atoms with van der Waals surface area (Å²) in [4.78, 5) is 12.6. The zero-order chi connectivity index (χ0) is 20.9. The smallest absolute Gasteiger partial charge is 0.332 e. The molecule has 0 unspecified atom stereocenters. The molecule has 0 radical (unpaired) electrons. The van der Waals surface area contributed by atoms with Crippen molar-refractivity contribution < 1.29 is 13.2 Å². The maximum atomic E-state index is 12.6. The first-order valence-electron chi connectivity index (χ1n) is 10.4. The number of aryl methyl sites for hydroxylation is 3. The van der Waals surface area contributed by atoms with Gasteiger partial charge in [0.25, 0.3) is 0 Å². The van der Waals surface area contributed by atoms with Crippen LogP contribution in [0, 0.1) is 0 Å². The molecule has 2 amide bonds. The van der Waals surface area contributed by atoms with Gasteiger partial charge in [0, 0.05) is 24.4 Å². The summed E-state index contributed by atoms with van der Waals surface area (Å²) < 4.78 is 29.5. The fraction of sp³-hybridized carbons (Fsp3) is 0.348. The highest BCUT2D eigenvalue weighted by molar-refractivity contribution is 7.89. The number of rotatable bonds is 4. The highest BCUT2D eigenvalue weighted by atomic mass is 32.2. The van der Waals surface area contributed by atoms with Crippen LogP contribution in [-0.4, -0.2) is 19.0 Å². The number of benzene rings is 2. The molecule has 0 aliphatic heterocycles. The van der Waals surface area contributed by atoms with Gasteiger partial charge >= 0.3 is 6.03 Å². The first-order valence-corrected chi connectivity index (χ1v) is 12.1. The molecule has 6 nitrogen and oxygen atoms in total. The molecule has 5 rings (SSSR count). The quantitative estimate of drug-likeness (QED) is 0.670. The van der Waals surface area contributed by atoms with Crippen LogP contribution in [0.1, 0.15) is 40.7 Å². The molecule has 7 heteroatoms. The average molecular weight is 424 g/mol. The van der Waals surface area contributed by atoms with Crippen molar-refractivity contribution in [2.24, 2.45) is 7.05 Å². The zero-order valence-corrected chi connectivity index (χ0v) is 17.8. The average Bonchev–Trinajstić information content (AvgIpc) is 3.40. The second kappa shape index (κ2) is 7.16. The molecule has 0 spiro atoms. The fourth-order valence-electron chi connectivity index (χ4n) is 4.92. The van der Waals surface area contributed by atoms with Crippen molar-refractivity contribution in [3.05, 3.63) is 64.3 Å². The predicted octanol–water partition coefficient (Wildman–Crippen LogP) is 3.81. The molecule has 156 valence electrons. The number of hydrogen-bond acceptors (Lipinski definition) is 3. The van der Waals surface area contributed by atoms with Gasteiger partial charge in [0.2, 0.25) is 10.0 Å². The second-order valence-electron chi connectivity index (χ2n) is 8.37. The van der Waals surface area contributed by atoms with E-state index in [1.807, 2.05) is 36.0 Å². The molecule has 0 saturated carbocycles. The van der Waals surface area contributed by atoms with E-state index in [2.05, 4.69) is 16.1 Å². The molecule has 30 heavy (non-hydrogen) atoms. The summed E-state index contributed by atoms with van der Waals surface area (Å²) in [7, 11) is -1.87. The summed E-state index contributed by atoms with van der Waals surface area (Å²) in [5.74, 6) is -0.240. The number of carbonyl (C=O) groups is 1. The standard InChI is InChI=1S/C23H25N3O3S/c1-26-11-10-18-12-15(8-9-21(18)26)14-30(28,29)25-23(27)24-22-19-6-2-4-16(19)13-17-5-3-7-20(17)22/h8-13H,2-7,14H2,1H3,(H2,24,25,27). The zero-order valence-electron chi connectivity index (χ0n) is 17.0. The van der Waals surface area contributed by atoms with Gasteiger partial charge in [-0.3, -0.25) is 0 Å². The van der Waals surface area contributed by atoms with Crippen LogP contribution < -0.4 is 10.0 Å². The molecule has 3 aromatic rings. The Morgan fingerprint density at radius 1 is 1.00 bits per heavy atom. The number of urea groups is 1. The molecule has 0 atom stereocenters.